The van der Waals surface area contributed by atoms with Gasteiger partial charge in [0.1, 0.15) is 11.5 Å². The topological polar surface area (TPSA) is 38.8 Å². The second-order valence-corrected chi connectivity index (χ2v) is 6.08. The molecule has 0 heterocycles. The predicted molar refractivity (Wildman–Crippen MR) is 96.3 cm³/mol. The predicted octanol–water partition coefficient (Wildman–Crippen LogP) is 4.08. The second kappa shape index (κ2) is 8.81. The molecule has 2 aromatic carbocycles. The fourth-order valence-corrected chi connectivity index (χ4v) is 2.49. The lowest BCUT2D eigenvalue weighted by Gasteiger charge is -2.18. The van der Waals surface area contributed by atoms with E-state index in [1.807, 2.05) is 24.3 Å². The van der Waals surface area contributed by atoms with Crippen molar-refractivity contribution in [1.82, 2.24) is 4.90 Å². The number of hydrogen-bond donors (Lipinski definition) is 0. The smallest absolute Gasteiger partial charge is 0.260 e. The van der Waals surface area contributed by atoms with Crippen LogP contribution in [-0.2, 0) is 11.2 Å². The highest BCUT2D eigenvalue weighted by atomic mass is 35.5. The first kappa shape index (κ1) is 18.4. The summed E-state index contributed by atoms with van der Waals surface area (Å²) < 4.78 is 10.8. The first-order chi connectivity index (χ1) is 11.5. The maximum atomic E-state index is 12.2. The number of nitrogens with zero attached hydrogens (tertiary/aromatic N) is 1. The Labute approximate surface area is 151 Å². The van der Waals surface area contributed by atoms with Crippen molar-refractivity contribution >= 4 is 29.1 Å². The van der Waals surface area contributed by atoms with Crippen molar-refractivity contribution < 1.29 is 14.3 Å². The summed E-state index contributed by atoms with van der Waals surface area (Å²) in [6.45, 7) is 0.467. The number of hydrogen-bond acceptors (Lipinski definition) is 3. The maximum Gasteiger partial charge on any atom is 0.260 e. The minimum atomic E-state index is -0.138. The highest BCUT2D eigenvalue weighted by Crippen LogP contribution is 2.27. The van der Waals surface area contributed by atoms with Crippen LogP contribution in [0.4, 0.5) is 0 Å². The third-order valence-corrected chi connectivity index (χ3v) is 4.13. The monoisotopic (exact) mass is 367 g/mol. The van der Waals surface area contributed by atoms with Crippen molar-refractivity contribution in [3.05, 3.63) is 58.1 Å². The van der Waals surface area contributed by atoms with E-state index >= 15 is 0 Å². The van der Waals surface area contributed by atoms with Gasteiger partial charge in [0, 0.05) is 24.7 Å². The van der Waals surface area contributed by atoms with Crippen molar-refractivity contribution in [2.45, 2.75) is 6.42 Å². The molecule has 6 heteroatoms. The number of para-hydroxylation sites is 1. The van der Waals surface area contributed by atoms with Gasteiger partial charge in [-0.3, -0.25) is 4.79 Å². The Morgan fingerprint density at radius 2 is 1.88 bits per heavy atom. The van der Waals surface area contributed by atoms with Crippen molar-refractivity contribution in [3.63, 3.8) is 0 Å². The molecule has 2 rings (SSSR count). The van der Waals surface area contributed by atoms with Gasteiger partial charge in [0.25, 0.3) is 5.91 Å². The molecule has 0 aliphatic carbocycles. The highest BCUT2D eigenvalue weighted by Gasteiger charge is 2.12. The summed E-state index contributed by atoms with van der Waals surface area (Å²) in [6, 6.07) is 12.6. The summed E-state index contributed by atoms with van der Waals surface area (Å²) in [5.74, 6) is 1.08. The number of rotatable bonds is 7. The quantitative estimate of drug-likeness (QED) is 0.739. The molecule has 0 aliphatic heterocycles. The van der Waals surface area contributed by atoms with Gasteiger partial charge in [0.15, 0.2) is 6.61 Å². The van der Waals surface area contributed by atoms with Gasteiger partial charge < -0.3 is 14.4 Å². The van der Waals surface area contributed by atoms with Gasteiger partial charge in [-0.25, -0.2) is 0 Å². The van der Waals surface area contributed by atoms with E-state index in [2.05, 4.69) is 0 Å². The zero-order chi connectivity index (χ0) is 17.5. The van der Waals surface area contributed by atoms with Crippen LogP contribution in [0.3, 0.4) is 0 Å². The van der Waals surface area contributed by atoms with E-state index in [4.69, 9.17) is 32.7 Å². The van der Waals surface area contributed by atoms with Gasteiger partial charge in [-0.1, -0.05) is 41.4 Å². The fraction of sp³-hybridized carbons (Fsp3) is 0.278. The lowest BCUT2D eigenvalue weighted by atomic mass is 10.1. The van der Waals surface area contributed by atoms with Crippen LogP contribution in [0.15, 0.2) is 42.5 Å². The molecule has 128 valence electrons. The molecule has 0 aromatic heterocycles. The van der Waals surface area contributed by atoms with Crippen LogP contribution in [0.25, 0.3) is 0 Å². The third kappa shape index (κ3) is 5.05. The van der Waals surface area contributed by atoms with Gasteiger partial charge in [-0.15, -0.1) is 0 Å². The minimum absolute atomic E-state index is 0.0948. The lowest BCUT2D eigenvalue weighted by molar-refractivity contribution is -0.132. The SMILES string of the molecule is COc1ccccc1CCN(C)C(=O)COc1cc(Cl)ccc1Cl. The normalized spacial score (nSPS) is 10.3. The number of amides is 1. The van der Waals surface area contributed by atoms with Gasteiger partial charge >= 0.3 is 0 Å². The number of benzene rings is 2. The van der Waals surface area contributed by atoms with Crippen LogP contribution in [0.2, 0.25) is 10.0 Å². The zero-order valence-corrected chi connectivity index (χ0v) is 15.1. The Morgan fingerprint density at radius 3 is 2.62 bits per heavy atom. The first-order valence-corrected chi connectivity index (χ1v) is 8.20. The Kier molecular flexibility index (Phi) is 6.76. The molecule has 0 spiro atoms. The molecule has 0 aliphatic rings. The second-order valence-electron chi connectivity index (χ2n) is 5.24. The molecular formula is C18H19Cl2NO3. The van der Waals surface area contributed by atoms with E-state index in [1.54, 1.807) is 37.3 Å². The number of likely N-dealkylation sites (N-methyl/N-ethyl adjacent to an activating group) is 1. The van der Waals surface area contributed by atoms with E-state index in [9.17, 15) is 4.79 Å². The number of carbonyl (C=O) groups is 1. The van der Waals surface area contributed by atoms with E-state index in [1.165, 1.54) is 0 Å². The molecule has 0 radical (unpaired) electrons. The fourth-order valence-electron chi connectivity index (χ4n) is 2.16. The average Bonchev–Trinajstić information content (AvgIpc) is 2.60. The molecule has 4 nitrogen and oxygen atoms in total. The maximum absolute atomic E-state index is 12.2. The number of halogens is 2. The average molecular weight is 368 g/mol. The van der Waals surface area contributed by atoms with Crippen molar-refractivity contribution in [2.75, 3.05) is 27.3 Å². The largest absolute Gasteiger partial charge is 0.496 e. The van der Waals surface area contributed by atoms with E-state index in [0.29, 0.717) is 28.8 Å². The Hall–Kier alpha value is -1.91. The van der Waals surface area contributed by atoms with Gasteiger partial charge in [-0.2, -0.15) is 0 Å². The van der Waals surface area contributed by atoms with E-state index in [-0.39, 0.29) is 12.5 Å². The van der Waals surface area contributed by atoms with Crippen molar-refractivity contribution in [2.24, 2.45) is 0 Å². The molecule has 0 atom stereocenters. The van der Waals surface area contributed by atoms with Crippen LogP contribution < -0.4 is 9.47 Å². The molecule has 0 fully saturated rings. The minimum Gasteiger partial charge on any atom is -0.496 e. The Bertz CT molecular complexity index is 706. The molecule has 2 aromatic rings. The summed E-state index contributed by atoms with van der Waals surface area (Å²) in [4.78, 5) is 13.8. The molecule has 0 unspecified atom stereocenters. The van der Waals surface area contributed by atoms with Crippen molar-refractivity contribution in [3.8, 4) is 11.5 Å². The standard InChI is InChI=1S/C18H19Cl2NO3/c1-21(10-9-13-5-3-4-6-16(13)23-2)18(22)12-24-17-11-14(19)7-8-15(17)20/h3-8,11H,9-10,12H2,1-2H3. The highest BCUT2D eigenvalue weighted by molar-refractivity contribution is 6.34. The Morgan fingerprint density at radius 1 is 1.12 bits per heavy atom. The van der Waals surface area contributed by atoms with Crippen molar-refractivity contribution in [1.29, 1.82) is 0 Å². The molecule has 1 amide bonds. The van der Waals surface area contributed by atoms with Gasteiger partial charge in [0.2, 0.25) is 0 Å². The van der Waals surface area contributed by atoms with Crippen LogP contribution in [0.1, 0.15) is 5.56 Å². The molecule has 0 saturated heterocycles. The van der Waals surface area contributed by atoms with Crippen LogP contribution in [0.5, 0.6) is 11.5 Å². The molecule has 24 heavy (non-hydrogen) atoms. The van der Waals surface area contributed by atoms with Crippen LogP contribution in [0, 0.1) is 0 Å². The Balaban J connectivity index is 1.87. The molecule has 0 saturated carbocycles. The van der Waals surface area contributed by atoms with Crippen LogP contribution >= 0.6 is 23.2 Å². The summed E-state index contributed by atoms with van der Waals surface area (Å²) in [6.07, 6.45) is 0.699. The van der Waals surface area contributed by atoms with Gasteiger partial charge in [-0.05, 0) is 30.2 Å². The molecule has 0 N–H and O–H groups in total. The first-order valence-electron chi connectivity index (χ1n) is 7.45. The summed E-state index contributed by atoms with van der Waals surface area (Å²) >= 11 is 11.9. The lowest BCUT2D eigenvalue weighted by Crippen LogP contribution is -2.33. The molecule has 0 bridgehead atoms. The summed E-state index contributed by atoms with van der Waals surface area (Å²) in [7, 11) is 3.37. The van der Waals surface area contributed by atoms with E-state index < -0.39 is 0 Å². The number of ether oxygens (including phenoxy) is 2. The summed E-state index contributed by atoms with van der Waals surface area (Å²) in [5.41, 5.74) is 1.05. The van der Waals surface area contributed by atoms with E-state index in [0.717, 1.165) is 11.3 Å². The number of carbonyl (C=O) groups excluding carboxylic acids is 1. The zero-order valence-electron chi connectivity index (χ0n) is 13.6. The van der Waals surface area contributed by atoms with Gasteiger partial charge in [0.05, 0.1) is 12.1 Å². The molecular weight excluding hydrogens is 349 g/mol. The van der Waals surface area contributed by atoms with Crippen LogP contribution in [-0.4, -0.2) is 38.1 Å². The third-order valence-electron chi connectivity index (χ3n) is 3.58. The number of methoxy groups -OCH3 is 1. The summed E-state index contributed by atoms with van der Waals surface area (Å²) in [5, 5.41) is 0.926.